The number of carbonyl (C=O) groups is 2. The number of aliphatic carboxylic acids is 1. The van der Waals surface area contributed by atoms with E-state index in [9.17, 15) is 14.7 Å². The number of nitrogens with one attached hydrogen (secondary N) is 1. The van der Waals surface area contributed by atoms with E-state index < -0.39 is 17.4 Å². The molecule has 1 amide bonds. The summed E-state index contributed by atoms with van der Waals surface area (Å²) in [5, 5.41) is 11.7. The molecule has 0 fully saturated rings. The Labute approximate surface area is 130 Å². The van der Waals surface area contributed by atoms with E-state index in [2.05, 4.69) is 5.32 Å². The van der Waals surface area contributed by atoms with Crippen molar-refractivity contribution < 1.29 is 24.2 Å². The van der Waals surface area contributed by atoms with Gasteiger partial charge in [-0.2, -0.15) is 0 Å². The fourth-order valence-electron chi connectivity index (χ4n) is 1.74. The number of ether oxygens (including phenoxy) is 2. The smallest absolute Gasteiger partial charge is 0.329 e. The van der Waals surface area contributed by atoms with Crippen LogP contribution in [0.1, 0.15) is 37.0 Å². The van der Waals surface area contributed by atoms with Crippen LogP contribution in [-0.4, -0.2) is 42.8 Å². The average molecular weight is 309 g/mol. The zero-order valence-corrected chi connectivity index (χ0v) is 13.2. The van der Waals surface area contributed by atoms with Crippen LogP contribution in [0.4, 0.5) is 0 Å². The maximum atomic E-state index is 12.2. The largest absolute Gasteiger partial charge is 0.493 e. The highest BCUT2D eigenvalue weighted by atomic mass is 16.5. The monoisotopic (exact) mass is 309 g/mol. The first-order chi connectivity index (χ1) is 10.4. The van der Waals surface area contributed by atoms with Crippen molar-refractivity contribution in [3.8, 4) is 5.75 Å². The minimum atomic E-state index is -1.29. The van der Waals surface area contributed by atoms with E-state index in [-0.39, 0.29) is 0 Å². The van der Waals surface area contributed by atoms with Gasteiger partial charge >= 0.3 is 5.97 Å². The standard InChI is InChI=1S/C16H23NO5/c1-4-16(2,15(19)20)17-14(18)12-7-5-8-13(11-12)22-10-6-9-21-3/h5,7-8,11H,4,6,9-10H2,1-3H3,(H,17,18)(H,19,20). The summed E-state index contributed by atoms with van der Waals surface area (Å²) in [5.41, 5.74) is -0.919. The predicted molar refractivity (Wildman–Crippen MR) is 82.2 cm³/mol. The van der Waals surface area contributed by atoms with Crippen molar-refractivity contribution in [2.45, 2.75) is 32.2 Å². The molecule has 2 N–H and O–H groups in total. The number of methoxy groups -OCH3 is 1. The minimum Gasteiger partial charge on any atom is -0.493 e. The van der Waals surface area contributed by atoms with Gasteiger partial charge in [0.2, 0.25) is 0 Å². The molecule has 0 aliphatic carbocycles. The summed E-state index contributed by atoms with van der Waals surface area (Å²) < 4.78 is 10.5. The molecule has 22 heavy (non-hydrogen) atoms. The van der Waals surface area contributed by atoms with E-state index in [0.29, 0.717) is 30.9 Å². The molecular formula is C16H23NO5. The molecule has 0 aromatic heterocycles. The van der Waals surface area contributed by atoms with Gasteiger partial charge in [-0.1, -0.05) is 13.0 Å². The van der Waals surface area contributed by atoms with Crippen LogP contribution in [0.5, 0.6) is 5.75 Å². The van der Waals surface area contributed by atoms with Crippen LogP contribution in [-0.2, 0) is 9.53 Å². The topological polar surface area (TPSA) is 84.9 Å². The first kappa shape index (κ1) is 18.0. The van der Waals surface area contributed by atoms with Crippen molar-refractivity contribution in [1.82, 2.24) is 5.32 Å². The van der Waals surface area contributed by atoms with Gasteiger partial charge in [-0.3, -0.25) is 4.79 Å². The molecule has 0 bridgehead atoms. The predicted octanol–water partition coefficient (Wildman–Crippen LogP) is 2.08. The van der Waals surface area contributed by atoms with Gasteiger partial charge in [0, 0.05) is 25.7 Å². The summed E-state index contributed by atoms with van der Waals surface area (Å²) >= 11 is 0. The van der Waals surface area contributed by atoms with Crippen molar-refractivity contribution in [3.63, 3.8) is 0 Å². The lowest BCUT2D eigenvalue weighted by atomic mass is 9.98. The highest BCUT2D eigenvalue weighted by Gasteiger charge is 2.33. The summed E-state index contributed by atoms with van der Waals surface area (Å²) in [4.78, 5) is 23.4. The fraction of sp³-hybridized carbons (Fsp3) is 0.500. The molecule has 0 saturated carbocycles. The minimum absolute atomic E-state index is 0.293. The van der Waals surface area contributed by atoms with Crippen LogP contribution in [0.2, 0.25) is 0 Å². The number of benzene rings is 1. The Morgan fingerprint density at radius 3 is 2.64 bits per heavy atom. The van der Waals surface area contributed by atoms with Crippen molar-refractivity contribution in [2.24, 2.45) is 0 Å². The second-order valence-corrected chi connectivity index (χ2v) is 5.17. The first-order valence-electron chi connectivity index (χ1n) is 7.20. The van der Waals surface area contributed by atoms with E-state index >= 15 is 0 Å². The number of carboxylic acid groups (broad SMARTS) is 1. The third-order valence-electron chi connectivity index (χ3n) is 3.43. The van der Waals surface area contributed by atoms with Gasteiger partial charge in [-0.05, 0) is 31.5 Å². The Bertz CT molecular complexity index is 517. The molecule has 1 aromatic carbocycles. The van der Waals surface area contributed by atoms with Gasteiger partial charge < -0.3 is 19.9 Å². The first-order valence-corrected chi connectivity index (χ1v) is 7.20. The Balaban J connectivity index is 2.72. The molecule has 1 rings (SSSR count). The third kappa shape index (κ3) is 5.04. The number of rotatable bonds is 9. The molecule has 6 nitrogen and oxygen atoms in total. The maximum Gasteiger partial charge on any atom is 0.329 e. The van der Waals surface area contributed by atoms with E-state index in [1.807, 2.05) is 0 Å². The normalized spacial score (nSPS) is 13.2. The van der Waals surface area contributed by atoms with Crippen molar-refractivity contribution in [3.05, 3.63) is 29.8 Å². The molecular weight excluding hydrogens is 286 g/mol. The SMILES string of the molecule is CCC(C)(NC(=O)c1cccc(OCCCOC)c1)C(=O)O. The van der Waals surface area contributed by atoms with E-state index in [1.54, 1.807) is 38.3 Å². The van der Waals surface area contributed by atoms with Gasteiger partial charge in [0.25, 0.3) is 5.91 Å². The van der Waals surface area contributed by atoms with Gasteiger partial charge in [0.05, 0.1) is 6.61 Å². The summed E-state index contributed by atoms with van der Waals surface area (Å²) in [5.74, 6) is -0.929. The number of carbonyl (C=O) groups excluding carboxylic acids is 1. The van der Waals surface area contributed by atoms with Crippen LogP contribution >= 0.6 is 0 Å². The van der Waals surface area contributed by atoms with E-state index in [0.717, 1.165) is 6.42 Å². The summed E-state index contributed by atoms with van der Waals surface area (Å²) in [7, 11) is 1.62. The Morgan fingerprint density at radius 1 is 1.32 bits per heavy atom. The van der Waals surface area contributed by atoms with E-state index in [4.69, 9.17) is 9.47 Å². The summed E-state index contributed by atoms with van der Waals surface area (Å²) in [6.45, 7) is 4.29. The van der Waals surface area contributed by atoms with Gasteiger partial charge in [0.15, 0.2) is 0 Å². The molecule has 0 aliphatic rings. The highest BCUT2D eigenvalue weighted by Crippen LogP contribution is 2.16. The zero-order valence-electron chi connectivity index (χ0n) is 13.2. The molecule has 6 heteroatoms. The molecule has 122 valence electrons. The lowest BCUT2D eigenvalue weighted by molar-refractivity contribution is -0.143. The quantitative estimate of drug-likeness (QED) is 0.682. The van der Waals surface area contributed by atoms with Crippen LogP contribution in [0.25, 0.3) is 0 Å². The average Bonchev–Trinajstić information content (AvgIpc) is 2.51. The lowest BCUT2D eigenvalue weighted by Gasteiger charge is -2.24. The molecule has 1 aromatic rings. The number of carboxylic acids is 1. The number of hydrogen-bond donors (Lipinski definition) is 2. The van der Waals surface area contributed by atoms with Crippen molar-refractivity contribution in [1.29, 1.82) is 0 Å². The molecule has 0 radical (unpaired) electrons. The van der Waals surface area contributed by atoms with Gasteiger partial charge in [-0.25, -0.2) is 4.79 Å². The lowest BCUT2D eigenvalue weighted by Crippen LogP contribution is -2.51. The molecule has 1 unspecified atom stereocenters. The van der Waals surface area contributed by atoms with Gasteiger partial charge in [-0.15, -0.1) is 0 Å². The number of amides is 1. The second kappa shape index (κ2) is 8.38. The fourth-order valence-corrected chi connectivity index (χ4v) is 1.74. The van der Waals surface area contributed by atoms with Crippen molar-refractivity contribution >= 4 is 11.9 Å². The Morgan fingerprint density at radius 2 is 2.05 bits per heavy atom. The summed E-state index contributed by atoms with van der Waals surface area (Å²) in [6, 6.07) is 6.67. The van der Waals surface area contributed by atoms with Crippen LogP contribution < -0.4 is 10.1 Å². The van der Waals surface area contributed by atoms with Crippen LogP contribution in [0.15, 0.2) is 24.3 Å². The molecule has 0 saturated heterocycles. The molecule has 0 heterocycles. The molecule has 0 spiro atoms. The molecule has 0 aliphatic heterocycles. The van der Waals surface area contributed by atoms with Crippen molar-refractivity contribution in [2.75, 3.05) is 20.3 Å². The molecule has 1 atom stereocenters. The van der Waals surface area contributed by atoms with Crippen LogP contribution in [0.3, 0.4) is 0 Å². The number of hydrogen-bond acceptors (Lipinski definition) is 4. The van der Waals surface area contributed by atoms with E-state index in [1.165, 1.54) is 6.92 Å². The Kier molecular flexibility index (Phi) is 6.85. The zero-order chi connectivity index (χ0) is 16.6. The van der Waals surface area contributed by atoms with Crippen LogP contribution in [0, 0.1) is 0 Å². The summed E-state index contributed by atoms with van der Waals surface area (Å²) in [6.07, 6.45) is 1.04. The maximum absolute atomic E-state index is 12.2. The second-order valence-electron chi connectivity index (χ2n) is 5.17. The van der Waals surface area contributed by atoms with Gasteiger partial charge in [0.1, 0.15) is 11.3 Å². The third-order valence-corrected chi connectivity index (χ3v) is 3.43. The Hall–Kier alpha value is -2.08. The highest BCUT2D eigenvalue weighted by molar-refractivity contribution is 5.98.